The largest absolute Gasteiger partial charge is 0.390 e. The highest BCUT2D eigenvalue weighted by Gasteiger charge is 2.21. The first kappa shape index (κ1) is 11.7. The van der Waals surface area contributed by atoms with Crippen molar-refractivity contribution in [2.45, 2.75) is 31.8 Å². The highest BCUT2D eigenvalue weighted by Crippen LogP contribution is 2.21. The molecule has 1 heterocycles. The number of nitrogens with two attached hydrogens (primary N) is 1. The monoisotopic (exact) mass is 206 g/mol. The lowest BCUT2D eigenvalue weighted by atomic mass is 9.92. The van der Waals surface area contributed by atoms with Crippen LogP contribution in [0.15, 0.2) is 31.0 Å². The van der Waals surface area contributed by atoms with Crippen LogP contribution in [0.25, 0.3) is 0 Å². The van der Waals surface area contributed by atoms with E-state index >= 15 is 0 Å². The molecule has 0 fully saturated rings. The number of aliphatic hydroxyl groups is 1. The molecule has 3 N–H and O–H groups in total. The van der Waals surface area contributed by atoms with Crippen LogP contribution < -0.4 is 5.73 Å². The molecular weight excluding hydrogens is 188 g/mol. The first-order chi connectivity index (χ1) is 7.05. The molecule has 0 saturated carbocycles. The third kappa shape index (κ3) is 3.72. The predicted molar refractivity (Wildman–Crippen MR) is 62.4 cm³/mol. The number of nitrogen functional groups attached to an aromatic ring is 1. The Balaban J connectivity index is 2.68. The number of hydrogen-bond donors (Lipinski definition) is 2. The van der Waals surface area contributed by atoms with Crippen molar-refractivity contribution in [3.05, 3.63) is 36.5 Å². The summed E-state index contributed by atoms with van der Waals surface area (Å²) < 4.78 is 0. The lowest BCUT2D eigenvalue weighted by Crippen LogP contribution is -2.27. The lowest BCUT2D eigenvalue weighted by Gasteiger charge is -2.23. The fourth-order valence-corrected chi connectivity index (χ4v) is 1.51. The Hall–Kier alpha value is -1.35. The highest BCUT2D eigenvalue weighted by molar-refractivity contribution is 5.39. The molecule has 0 aromatic carbocycles. The quantitative estimate of drug-likeness (QED) is 0.724. The summed E-state index contributed by atoms with van der Waals surface area (Å²) in [5, 5.41) is 10.1. The summed E-state index contributed by atoms with van der Waals surface area (Å²) in [6.45, 7) is 5.45. The highest BCUT2D eigenvalue weighted by atomic mass is 16.3. The van der Waals surface area contributed by atoms with E-state index in [1.165, 1.54) is 0 Å². The summed E-state index contributed by atoms with van der Waals surface area (Å²) in [6, 6.07) is 3.72. The van der Waals surface area contributed by atoms with E-state index in [0.717, 1.165) is 12.0 Å². The van der Waals surface area contributed by atoms with Gasteiger partial charge in [0, 0.05) is 12.6 Å². The molecule has 0 radical (unpaired) electrons. The van der Waals surface area contributed by atoms with Gasteiger partial charge >= 0.3 is 0 Å². The maximum atomic E-state index is 10.1. The van der Waals surface area contributed by atoms with Crippen LogP contribution in [0, 0.1) is 0 Å². The number of anilines is 1. The molecule has 82 valence electrons. The fraction of sp³-hybridized carbons (Fsp3) is 0.417. The van der Waals surface area contributed by atoms with Gasteiger partial charge in [0.15, 0.2) is 0 Å². The second-order valence-electron chi connectivity index (χ2n) is 4.05. The molecule has 1 rings (SSSR count). The summed E-state index contributed by atoms with van der Waals surface area (Å²) in [6.07, 6.45) is 5.47. The van der Waals surface area contributed by atoms with E-state index in [2.05, 4.69) is 11.6 Å². The van der Waals surface area contributed by atoms with Gasteiger partial charge in [-0.2, -0.15) is 0 Å². The van der Waals surface area contributed by atoms with E-state index in [-0.39, 0.29) is 0 Å². The number of aromatic nitrogens is 1. The van der Waals surface area contributed by atoms with Crippen LogP contribution >= 0.6 is 0 Å². The third-order valence-corrected chi connectivity index (χ3v) is 2.38. The Kier molecular flexibility index (Phi) is 3.86. The first-order valence-electron chi connectivity index (χ1n) is 5.08. The molecule has 15 heavy (non-hydrogen) atoms. The smallest absolute Gasteiger partial charge is 0.126 e. The van der Waals surface area contributed by atoms with Crippen molar-refractivity contribution in [3.63, 3.8) is 0 Å². The lowest BCUT2D eigenvalue weighted by molar-refractivity contribution is 0.0524. The van der Waals surface area contributed by atoms with Crippen LogP contribution in [-0.2, 0) is 6.42 Å². The normalized spacial score (nSPS) is 14.5. The summed E-state index contributed by atoms with van der Waals surface area (Å²) in [7, 11) is 0. The van der Waals surface area contributed by atoms with Crippen molar-refractivity contribution < 1.29 is 5.11 Å². The number of pyridine rings is 1. The molecule has 0 saturated heterocycles. The standard InChI is InChI=1S/C12H18N2O/c1-3-4-7-12(2,15)9-10-6-5-8-14-11(10)13/h3,5-6,8,15H,1,4,7,9H2,2H3,(H2,13,14). The number of rotatable bonds is 5. The molecule has 0 spiro atoms. The minimum absolute atomic E-state index is 0.497. The van der Waals surface area contributed by atoms with Crippen LogP contribution in [0.3, 0.4) is 0 Å². The van der Waals surface area contributed by atoms with Crippen LogP contribution in [0.4, 0.5) is 5.82 Å². The molecule has 0 aliphatic heterocycles. The van der Waals surface area contributed by atoms with E-state index in [9.17, 15) is 5.11 Å². The molecule has 0 amide bonds. The molecule has 3 heteroatoms. The van der Waals surface area contributed by atoms with Crippen molar-refractivity contribution in [2.24, 2.45) is 0 Å². The average molecular weight is 206 g/mol. The second-order valence-corrected chi connectivity index (χ2v) is 4.05. The molecule has 0 aliphatic carbocycles. The van der Waals surface area contributed by atoms with Crippen molar-refractivity contribution in [2.75, 3.05) is 5.73 Å². The molecule has 1 aromatic heterocycles. The van der Waals surface area contributed by atoms with Crippen LogP contribution in [-0.4, -0.2) is 15.7 Å². The molecule has 1 aromatic rings. The van der Waals surface area contributed by atoms with E-state index in [0.29, 0.717) is 18.7 Å². The summed E-state index contributed by atoms with van der Waals surface area (Å²) in [4.78, 5) is 3.99. The Morgan fingerprint density at radius 2 is 2.40 bits per heavy atom. The molecule has 3 nitrogen and oxygen atoms in total. The molecule has 1 unspecified atom stereocenters. The number of hydrogen-bond acceptors (Lipinski definition) is 3. The van der Waals surface area contributed by atoms with Gasteiger partial charge in [0.1, 0.15) is 5.82 Å². The van der Waals surface area contributed by atoms with Crippen molar-refractivity contribution >= 4 is 5.82 Å². The van der Waals surface area contributed by atoms with Gasteiger partial charge in [-0.3, -0.25) is 0 Å². The van der Waals surface area contributed by atoms with Gasteiger partial charge in [0.2, 0.25) is 0 Å². The van der Waals surface area contributed by atoms with Gasteiger partial charge in [-0.15, -0.1) is 6.58 Å². The zero-order valence-corrected chi connectivity index (χ0v) is 9.11. The van der Waals surface area contributed by atoms with E-state index in [1.54, 1.807) is 12.3 Å². The minimum atomic E-state index is -0.745. The Labute approximate surface area is 90.7 Å². The Bertz CT molecular complexity index is 334. The maximum absolute atomic E-state index is 10.1. The van der Waals surface area contributed by atoms with Crippen molar-refractivity contribution in [1.82, 2.24) is 4.98 Å². The second kappa shape index (κ2) is 4.94. The van der Waals surface area contributed by atoms with Crippen LogP contribution in [0.1, 0.15) is 25.3 Å². The Morgan fingerprint density at radius 1 is 1.67 bits per heavy atom. The van der Waals surface area contributed by atoms with Gasteiger partial charge in [-0.25, -0.2) is 4.98 Å². The van der Waals surface area contributed by atoms with E-state index in [4.69, 9.17) is 5.73 Å². The minimum Gasteiger partial charge on any atom is -0.390 e. The van der Waals surface area contributed by atoms with Gasteiger partial charge < -0.3 is 10.8 Å². The van der Waals surface area contributed by atoms with Gasteiger partial charge in [-0.05, 0) is 31.4 Å². The molecular formula is C12H18N2O. The molecule has 1 atom stereocenters. The molecule has 0 aliphatic rings. The van der Waals surface area contributed by atoms with E-state index in [1.807, 2.05) is 19.1 Å². The van der Waals surface area contributed by atoms with Crippen LogP contribution in [0.2, 0.25) is 0 Å². The summed E-state index contributed by atoms with van der Waals surface area (Å²) in [5.74, 6) is 0.497. The number of nitrogens with zero attached hydrogens (tertiary/aromatic N) is 1. The van der Waals surface area contributed by atoms with E-state index < -0.39 is 5.60 Å². The zero-order valence-electron chi connectivity index (χ0n) is 9.11. The summed E-state index contributed by atoms with van der Waals surface area (Å²) in [5.41, 5.74) is 5.86. The summed E-state index contributed by atoms with van der Waals surface area (Å²) >= 11 is 0. The first-order valence-corrected chi connectivity index (χ1v) is 5.08. The molecule has 0 bridgehead atoms. The van der Waals surface area contributed by atoms with Crippen molar-refractivity contribution in [1.29, 1.82) is 0 Å². The average Bonchev–Trinajstić information content (AvgIpc) is 2.18. The topological polar surface area (TPSA) is 59.1 Å². The fourth-order valence-electron chi connectivity index (χ4n) is 1.51. The predicted octanol–water partition coefficient (Wildman–Crippen LogP) is 1.92. The van der Waals surface area contributed by atoms with Crippen molar-refractivity contribution in [3.8, 4) is 0 Å². The van der Waals surface area contributed by atoms with Gasteiger partial charge in [0.25, 0.3) is 0 Å². The zero-order chi connectivity index (χ0) is 11.3. The Morgan fingerprint density at radius 3 is 3.00 bits per heavy atom. The van der Waals surface area contributed by atoms with Crippen LogP contribution in [0.5, 0.6) is 0 Å². The maximum Gasteiger partial charge on any atom is 0.126 e. The number of allylic oxidation sites excluding steroid dienone is 1. The van der Waals surface area contributed by atoms with Gasteiger partial charge in [0.05, 0.1) is 5.60 Å². The van der Waals surface area contributed by atoms with Gasteiger partial charge in [-0.1, -0.05) is 12.1 Å². The third-order valence-electron chi connectivity index (χ3n) is 2.38. The SMILES string of the molecule is C=CCCC(C)(O)Cc1cccnc1N.